The number of hydrogen-bond donors (Lipinski definition) is 1. The molecule has 1 N–H and O–H groups in total. The zero-order valence-electron chi connectivity index (χ0n) is 14.6. The van der Waals surface area contributed by atoms with E-state index in [-0.39, 0.29) is 23.2 Å². The summed E-state index contributed by atoms with van der Waals surface area (Å²) in [6.45, 7) is 3.21. The molecular formula is C17H22N4O4S. The third kappa shape index (κ3) is 4.28. The van der Waals surface area contributed by atoms with E-state index in [0.29, 0.717) is 30.9 Å². The molecule has 26 heavy (non-hydrogen) atoms. The second-order valence-electron chi connectivity index (χ2n) is 6.16. The van der Waals surface area contributed by atoms with E-state index in [1.807, 2.05) is 6.92 Å². The number of carbonyl (C=O) groups excluding carboxylic acids is 1. The highest BCUT2D eigenvalue weighted by molar-refractivity contribution is 7.89. The number of likely N-dealkylation sites (tertiary alicyclic amines) is 1. The van der Waals surface area contributed by atoms with Gasteiger partial charge >= 0.3 is 0 Å². The van der Waals surface area contributed by atoms with Gasteiger partial charge in [-0.05, 0) is 37.5 Å². The van der Waals surface area contributed by atoms with E-state index in [9.17, 15) is 13.2 Å². The summed E-state index contributed by atoms with van der Waals surface area (Å²) >= 11 is 0. The lowest BCUT2D eigenvalue weighted by Gasteiger charge is -2.26. The van der Waals surface area contributed by atoms with Gasteiger partial charge in [0.05, 0.1) is 11.4 Å². The van der Waals surface area contributed by atoms with Crippen LogP contribution < -0.4 is 4.72 Å². The van der Waals surface area contributed by atoms with Gasteiger partial charge in [-0.15, -0.1) is 0 Å². The molecule has 0 saturated carbocycles. The molecule has 0 bridgehead atoms. The molecule has 2 heterocycles. The standard InChI is InChI=1S/C17H22N4O4S/c1-2-15-19-16(25-20-15)12-18-26(23,24)14-8-6-7-13(11-14)17(22)21-9-4-3-5-10-21/h6-8,11,18H,2-5,9-10,12H2,1H3. The Balaban J connectivity index is 1.72. The Labute approximate surface area is 152 Å². The smallest absolute Gasteiger partial charge is 0.253 e. The molecule has 1 aromatic heterocycles. The minimum Gasteiger partial charge on any atom is -0.339 e. The van der Waals surface area contributed by atoms with Crippen molar-refractivity contribution in [2.24, 2.45) is 0 Å². The monoisotopic (exact) mass is 378 g/mol. The first kappa shape index (κ1) is 18.5. The molecule has 1 aliphatic heterocycles. The summed E-state index contributed by atoms with van der Waals surface area (Å²) in [5.41, 5.74) is 0.376. The number of nitrogens with one attached hydrogen (secondary N) is 1. The van der Waals surface area contributed by atoms with Crippen molar-refractivity contribution in [1.29, 1.82) is 0 Å². The number of hydrogen-bond acceptors (Lipinski definition) is 6. The predicted molar refractivity (Wildman–Crippen MR) is 93.9 cm³/mol. The second-order valence-corrected chi connectivity index (χ2v) is 7.93. The summed E-state index contributed by atoms with van der Waals surface area (Å²) in [5, 5.41) is 3.73. The van der Waals surface area contributed by atoms with Crippen LogP contribution in [-0.2, 0) is 23.0 Å². The Morgan fingerprint density at radius 2 is 2.04 bits per heavy atom. The normalized spacial score (nSPS) is 15.2. The zero-order valence-corrected chi connectivity index (χ0v) is 15.5. The van der Waals surface area contributed by atoms with Crippen molar-refractivity contribution < 1.29 is 17.7 Å². The van der Waals surface area contributed by atoms with E-state index in [1.54, 1.807) is 17.0 Å². The molecule has 0 radical (unpaired) electrons. The fourth-order valence-corrected chi connectivity index (χ4v) is 3.84. The lowest BCUT2D eigenvalue weighted by molar-refractivity contribution is 0.0724. The van der Waals surface area contributed by atoms with E-state index in [4.69, 9.17) is 4.52 Å². The molecule has 1 aromatic carbocycles. The average molecular weight is 378 g/mol. The number of aromatic nitrogens is 2. The van der Waals surface area contributed by atoms with Gasteiger partial charge in [0.1, 0.15) is 0 Å². The van der Waals surface area contributed by atoms with Crippen molar-refractivity contribution in [3.05, 3.63) is 41.5 Å². The molecule has 140 valence electrons. The minimum absolute atomic E-state index is 0.0376. The van der Waals surface area contributed by atoms with Crippen LogP contribution in [0.3, 0.4) is 0 Å². The molecule has 0 atom stereocenters. The lowest BCUT2D eigenvalue weighted by atomic mass is 10.1. The molecular weight excluding hydrogens is 356 g/mol. The van der Waals surface area contributed by atoms with Gasteiger partial charge in [0.2, 0.25) is 15.9 Å². The van der Waals surface area contributed by atoms with Crippen LogP contribution in [0.25, 0.3) is 0 Å². The fourth-order valence-electron chi connectivity index (χ4n) is 2.82. The molecule has 1 aliphatic rings. The Bertz CT molecular complexity index is 872. The van der Waals surface area contributed by atoms with Gasteiger partial charge in [-0.2, -0.15) is 4.98 Å². The Morgan fingerprint density at radius 1 is 1.27 bits per heavy atom. The summed E-state index contributed by atoms with van der Waals surface area (Å²) in [7, 11) is -3.79. The maximum Gasteiger partial charge on any atom is 0.253 e. The van der Waals surface area contributed by atoms with Gasteiger partial charge in [-0.25, -0.2) is 13.1 Å². The zero-order chi connectivity index (χ0) is 18.6. The predicted octanol–water partition coefficient (Wildman–Crippen LogP) is 1.74. The topological polar surface area (TPSA) is 105 Å². The average Bonchev–Trinajstić information content (AvgIpc) is 3.15. The maximum absolute atomic E-state index is 12.6. The summed E-state index contributed by atoms with van der Waals surface area (Å²) < 4.78 is 32.4. The van der Waals surface area contributed by atoms with Crippen LogP contribution in [0.5, 0.6) is 0 Å². The van der Waals surface area contributed by atoms with Crippen molar-refractivity contribution in [2.75, 3.05) is 13.1 Å². The molecule has 0 unspecified atom stereocenters. The molecule has 0 aliphatic carbocycles. The fraction of sp³-hybridized carbons (Fsp3) is 0.471. The van der Waals surface area contributed by atoms with E-state index in [0.717, 1.165) is 19.3 Å². The van der Waals surface area contributed by atoms with E-state index in [1.165, 1.54) is 12.1 Å². The van der Waals surface area contributed by atoms with Crippen molar-refractivity contribution >= 4 is 15.9 Å². The van der Waals surface area contributed by atoms with Gasteiger partial charge in [0, 0.05) is 25.1 Å². The first-order valence-electron chi connectivity index (χ1n) is 8.70. The van der Waals surface area contributed by atoms with Crippen LogP contribution in [0.4, 0.5) is 0 Å². The number of nitrogens with zero attached hydrogens (tertiary/aromatic N) is 3. The van der Waals surface area contributed by atoms with Crippen LogP contribution in [0, 0.1) is 0 Å². The number of amides is 1. The molecule has 1 fully saturated rings. The van der Waals surface area contributed by atoms with Gasteiger partial charge in [-0.1, -0.05) is 18.1 Å². The van der Waals surface area contributed by atoms with Crippen LogP contribution in [0.1, 0.15) is 48.3 Å². The summed E-state index contributed by atoms with van der Waals surface area (Å²) in [6.07, 6.45) is 3.69. The van der Waals surface area contributed by atoms with Crippen LogP contribution in [-0.4, -0.2) is 42.5 Å². The van der Waals surface area contributed by atoms with Crippen molar-refractivity contribution in [1.82, 2.24) is 19.8 Å². The summed E-state index contributed by atoms with van der Waals surface area (Å²) in [4.78, 5) is 18.4. The van der Waals surface area contributed by atoms with Crippen LogP contribution in [0.15, 0.2) is 33.7 Å². The second kappa shape index (κ2) is 7.96. The first-order valence-corrected chi connectivity index (χ1v) is 10.2. The quantitative estimate of drug-likeness (QED) is 0.821. The highest BCUT2D eigenvalue weighted by Crippen LogP contribution is 2.17. The number of rotatable bonds is 6. The minimum atomic E-state index is -3.79. The largest absolute Gasteiger partial charge is 0.339 e. The molecule has 9 heteroatoms. The van der Waals surface area contributed by atoms with Crippen molar-refractivity contribution in [2.45, 2.75) is 44.0 Å². The van der Waals surface area contributed by atoms with Gasteiger partial charge in [-0.3, -0.25) is 4.79 Å². The number of carbonyl (C=O) groups is 1. The van der Waals surface area contributed by atoms with Gasteiger partial charge in [0.15, 0.2) is 5.82 Å². The molecule has 1 amide bonds. The van der Waals surface area contributed by atoms with Crippen LogP contribution >= 0.6 is 0 Å². The number of aryl methyl sites for hydroxylation is 1. The van der Waals surface area contributed by atoms with Gasteiger partial charge in [0.25, 0.3) is 5.91 Å². The first-order chi connectivity index (χ1) is 12.5. The SMILES string of the molecule is CCc1noc(CNS(=O)(=O)c2cccc(C(=O)N3CCCCC3)c2)n1. The van der Waals surface area contributed by atoms with E-state index in [2.05, 4.69) is 14.9 Å². The Kier molecular flexibility index (Phi) is 5.67. The molecule has 8 nitrogen and oxygen atoms in total. The summed E-state index contributed by atoms with van der Waals surface area (Å²) in [5.74, 6) is 0.588. The maximum atomic E-state index is 12.6. The number of sulfonamides is 1. The molecule has 1 saturated heterocycles. The highest BCUT2D eigenvalue weighted by atomic mass is 32.2. The Morgan fingerprint density at radius 3 is 2.73 bits per heavy atom. The van der Waals surface area contributed by atoms with Crippen LogP contribution in [0.2, 0.25) is 0 Å². The highest BCUT2D eigenvalue weighted by Gasteiger charge is 2.21. The van der Waals surface area contributed by atoms with E-state index < -0.39 is 10.0 Å². The van der Waals surface area contributed by atoms with E-state index >= 15 is 0 Å². The van der Waals surface area contributed by atoms with Crippen molar-refractivity contribution in [3.63, 3.8) is 0 Å². The third-order valence-electron chi connectivity index (χ3n) is 4.27. The van der Waals surface area contributed by atoms with Crippen molar-refractivity contribution in [3.8, 4) is 0 Å². The molecule has 2 aromatic rings. The number of benzene rings is 1. The molecule has 3 rings (SSSR count). The Hall–Kier alpha value is -2.26. The number of piperidine rings is 1. The van der Waals surface area contributed by atoms with Gasteiger partial charge < -0.3 is 9.42 Å². The molecule has 0 spiro atoms. The lowest BCUT2D eigenvalue weighted by Crippen LogP contribution is -2.35. The summed E-state index contributed by atoms with van der Waals surface area (Å²) in [6, 6.07) is 6.08. The third-order valence-corrected chi connectivity index (χ3v) is 5.67.